The molecule has 0 saturated heterocycles. The average Bonchev–Trinajstić information content (AvgIpc) is 3.22. The molecule has 3 aromatic rings. The lowest BCUT2D eigenvalue weighted by atomic mass is 10.2. The molecule has 25 heavy (non-hydrogen) atoms. The van der Waals surface area contributed by atoms with Crippen LogP contribution in [0.1, 0.15) is 11.3 Å². The van der Waals surface area contributed by atoms with Gasteiger partial charge in [0.05, 0.1) is 6.54 Å². The molecule has 1 aliphatic rings. The van der Waals surface area contributed by atoms with Crippen molar-refractivity contribution in [3.8, 4) is 22.8 Å². The quantitative estimate of drug-likeness (QED) is 0.659. The molecular formula is C19H15Cl2NO3. The summed E-state index contributed by atoms with van der Waals surface area (Å²) in [6.07, 6.45) is 0. The summed E-state index contributed by atoms with van der Waals surface area (Å²) in [5, 5.41) is 4.52. The summed E-state index contributed by atoms with van der Waals surface area (Å²) in [5.41, 5.74) is 1.98. The Morgan fingerprint density at radius 1 is 0.840 bits per heavy atom. The molecule has 4 nitrogen and oxygen atoms in total. The molecule has 0 spiro atoms. The Morgan fingerprint density at radius 2 is 1.64 bits per heavy atom. The zero-order valence-corrected chi connectivity index (χ0v) is 14.7. The van der Waals surface area contributed by atoms with E-state index in [1.54, 1.807) is 6.07 Å². The molecule has 1 aromatic heterocycles. The second kappa shape index (κ2) is 7.00. The summed E-state index contributed by atoms with van der Waals surface area (Å²) < 4.78 is 16.6. The fourth-order valence-corrected chi connectivity index (χ4v) is 3.23. The number of furan rings is 1. The molecule has 2 heterocycles. The van der Waals surface area contributed by atoms with Gasteiger partial charge in [0.2, 0.25) is 6.79 Å². The second-order valence-corrected chi connectivity index (χ2v) is 6.59. The SMILES string of the molecule is Clc1cc(Cl)cc(-c2ccc(CNCc3ccc4c(c3)OCO4)o2)c1. The van der Waals surface area contributed by atoms with Crippen molar-refractivity contribution in [3.05, 3.63) is 69.9 Å². The van der Waals surface area contributed by atoms with Gasteiger partial charge < -0.3 is 19.2 Å². The highest BCUT2D eigenvalue weighted by Crippen LogP contribution is 2.32. The lowest BCUT2D eigenvalue weighted by Crippen LogP contribution is -2.11. The van der Waals surface area contributed by atoms with Crippen LogP contribution in [-0.2, 0) is 13.1 Å². The topological polar surface area (TPSA) is 43.6 Å². The number of rotatable bonds is 5. The molecule has 2 aromatic carbocycles. The monoisotopic (exact) mass is 375 g/mol. The Labute approximate surface area is 155 Å². The van der Waals surface area contributed by atoms with E-state index in [2.05, 4.69) is 5.32 Å². The lowest BCUT2D eigenvalue weighted by molar-refractivity contribution is 0.174. The molecule has 6 heteroatoms. The summed E-state index contributed by atoms with van der Waals surface area (Å²) in [4.78, 5) is 0. The van der Waals surface area contributed by atoms with Gasteiger partial charge in [0.25, 0.3) is 0 Å². The van der Waals surface area contributed by atoms with Crippen LogP contribution in [-0.4, -0.2) is 6.79 Å². The van der Waals surface area contributed by atoms with E-state index in [1.807, 2.05) is 42.5 Å². The van der Waals surface area contributed by atoms with Crippen molar-refractivity contribution >= 4 is 23.2 Å². The maximum absolute atomic E-state index is 6.04. The predicted molar refractivity (Wildman–Crippen MR) is 97.3 cm³/mol. The Bertz CT molecular complexity index is 887. The van der Waals surface area contributed by atoms with Crippen molar-refractivity contribution in [1.82, 2.24) is 5.32 Å². The van der Waals surface area contributed by atoms with Gasteiger partial charge in [-0.15, -0.1) is 0 Å². The molecule has 0 unspecified atom stereocenters. The van der Waals surface area contributed by atoms with Crippen molar-refractivity contribution in [1.29, 1.82) is 0 Å². The van der Waals surface area contributed by atoms with Gasteiger partial charge in [0.15, 0.2) is 11.5 Å². The zero-order chi connectivity index (χ0) is 17.2. The summed E-state index contributed by atoms with van der Waals surface area (Å²) >= 11 is 12.1. The van der Waals surface area contributed by atoms with E-state index in [0.717, 1.165) is 34.1 Å². The smallest absolute Gasteiger partial charge is 0.231 e. The van der Waals surface area contributed by atoms with Crippen LogP contribution in [0.5, 0.6) is 11.5 Å². The van der Waals surface area contributed by atoms with Crippen LogP contribution in [0, 0.1) is 0 Å². The van der Waals surface area contributed by atoms with E-state index < -0.39 is 0 Å². The molecule has 4 rings (SSSR count). The highest BCUT2D eigenvalue weighted by molar-refractivity contribution is 6.35. The van der Waals surface area contributed by atoms with Crippen LogP contribution in [0.4, 0.5) is 0 Å². The van der Waals surface area contributed by atoms with E-state index in [0.29, 0.717) is 23.1 Å². The molecular weight excluding hydrogens is 361 g/mol. The summed E-state index contributed by atoms with van der Waals surface area (Å²) in [6, 6.07) is 15.1. The number of fused-ring (bicyclic) bond motifs is 1. The third-order valence-electron chi connectivity index (χ3n) is 3.87. The minimum atomic E-state index is 0.287. The molecule has 0 amide bonds. The number of hydrogen-bond donors (Lipinski definition) is 1. The van der Waals surface area contributed by atoms with Crippen LogP contribution in [0.2, 0.25) is 10.0 Å². The molecule has 1 N–H and O–H groups in total. The fourth-order valence-electron chi connectivity index (χ4n) is 2.71. The molecule has 0 radical (unpaired) electrons. The zero-order valence-electron chi connectivity index (χ0n) is 13.2. The molecule has 0 fully saturated rings. The normalized spacial score (nSPS) is 12.6. The van der Waals surface area contributed by atoms with Crippen LogP contribution in [0.3, 0.4) is 0 Å². The summed E-state index contributed by atoms with van der Waals surface area (Å²) in [7, 11) is 0. The van der Waals surface area contributed by atoms with Crippen molar-refractivity contribution in [2.24, 2.45) is 0 Å². The number of hydrogen-bond acceptors (Lipinski definition) is 4. The first-order chi connectivity index (χ1) is 12.2. The van der Waals surface area contributed by atoms with Gasteiger partial charge in [0, 0.05) is 22.2 Å². The van der Waals surface area contributed by atoms with Gasteiger partial charge in [-0.1, -0.05) is 29.3 Å². The number of halogens is 2. The van der Waals surface area contributed by atoms with E-state index in [4.69, 9.17) is 37.1 Å². The lowest BCUT2D eigenvalue weighted by Gasteiger charge is -2.05. The number of benzene rings is 2. The Kier molecular flexibility index (Phi) is 4.57. The Balaban J connectivity index is 1.38. The van der Waals surface area contributed by atoms with Crippen LogP contribution >= 0.6 is 23.2 Å². The highest BCUT2D eigenvalue weighted by atomic mass is 35.5. The van der Waals surface area contributed by atoms with Crippen LogP contribution < -0.4 is 14.8 Å². The fraction of sp³-hybridized carbons (Fsp3) is 0.158. The van der Waals surface area contributed by atoms with Crippen molar-refractivity contribution in [2.75, 3.05) is 6.79 Å². The maximum Gasteiger partial charge on any atom is 0.231 e. The van der Waals surface area contributed by atoms with Crippen molar-refractivity contribution < 1.29 is 13.9 Å². The largest absolute Gasteiger partial charge is 0.460 e. The maximum atomic E-state index is 6.04. The van der Waals surface area contributed by atoms with Crippen molar-refractivity contribution in [2.45, 2.75) is 13.1 Å². The number of nitrogens with one attached hydrogen (secondary N) is 1. The molecule has 1 aliphatic heterocycles. The average molecular weight is 376 g/mol. The molecule has 0 saturated carbocycles. The minimum Gasteiger partial charge on any atom is -0.460 e. The Hall–Kier alpha value is -2.14. The van der Waals surface area contributed by atoms with Crippen LogP contribution in [0.15, 0.2) is 52.9 Å². The van der Waals surface area contributed by atoms with Gasteiger partial charge in [0.1, 0.15) is 11.5 Å². The first kappa shape index (κ1) is 16.3. The van der Waals surface area contributed by atoms with Crippen LogP contribution in [0.25, 0.3) is 11.3 Å². The standard InChI is InChI=1S/C19H15Cl2NO3/c20-14-6-13(7-15(21)8-14)17-4-2-16(25-17)10-22-9-12-1-3-18-19(5-12)24-11-23-18/h1-8,22H,9-11H2. The van der Waals surface area contributed by atoms with E-state index in [-0.39, 0.29) is 6.79 Å². The van der Waals surface area contributed by atoms with Gasteiger partial charge >= 0.3 is 0 Å². The summed E-state index contributed by atoms with van der Waals surface area (Å²) in [6.45, 7) is 1.60. The van der Waals surface area contributed by atoms with Gasteiger partial charge in [-0.2, -0.15) is 0 Å². The molecule has 0 atom stereocenters. The predicted octanol–water partition coefficient (Wildman–Crippen LogP) is 5.27. The highest BCUT2D eigenvalue weighted by Gasteiger charge is 2.13. The van der Waals surface area contributed by atoms with Crippen molar-refractivity contribution in [3.63, 3.8) is 0 Å². The van der Waals surface area contributed by atoms with E-state index in [9.17, 15) is 0 Å². The second-order valence-electron chi connectivity index (χ2n) is 5.72. The van der Waals surface area contributed by atoms with Gasteiger partial charge in [-0.3, -0.25) is 0 Å². The minimum absolute atomic E-state index is 0.287. The number of ether oxygens (including phenoxy) is 2. The van der Waals surface area contributed by atoms with E-state index in [1.165, 1.54) is 0 Å². The first-order valence-electron chi connectivity index (χ1n) is 7.82. The molecule has 128 valence electrons. The summed E-state index contributed by atoms with van der Waals surface area (Å²) in [5.74, 6) is 3.16. The van der Waals surface area contributed by atoms with E-state index >= 15 is 0 Å². The third kappa shape index (κ3) is 3.76. The third-order valence-corrected chi connectivity index (χ3v) is 4.31. The molecule has 0 bridgehead atoms. The Morgan fingerprint density at radius 3 is 2.48 bits per heavy atom. The van der Waals surface area contributed by atoms with Gasteiger partial charge in [-0.05, 0) is 48.0 Å². The first-order valence-corrected chi connectivity index (χ1v) is 8.57. The van der Waals surface area contributed by atoms with Gasteiger partial charge in [-0.25, -0.2) is 0 Å². The molecule has 0 aliphatic carbocycles.